The zero-order valence-corrected chi connectivity index (χ0v) is 18.8. The third kappa shape index (κ3) is 4.50. The predicted octanol–water partition coefficient (Wildman–Crippen LogP) is 4.79. The van der Waals surface area contributed by atoms with Gasteiger partial charge in [0.25, 0.3) is 0 Å². The summed E-state index contributed by atoms with van der Waals surface area (Å²) in [6, 6.07) is 7.11. The van der Waals surface area contributed by atoms with Crippen LogP contribution in [0.25, 0.3) is 5.65 Å². The van der Waals surface area contributed by atoms with Gasteiger partial charge in [0.05, 0.1) is 0 Å². The van der Waals surface area contributed by atoms with E-state index in [1.165, 1.54) is 35.9 Å². The van der Waals surface area contributed by atoms with Crippen molar-refractivity contribution in [1.82, 2.24) is 19.5 Å². The Kier molecular flexibility index (Phi) is 5.75. The van der Waals surface area contributed by atoms with E-state index in [1.807, 2.05) is 29.7 Å². The molecule has 5 rings (SSSR count). The lowest BCUT2D eigenvalue weighted by Gasteiger charge is -2.33. The highest BCUT2D eigenvalue weighted by Gasteiger charge is 2.30. The molecular formula is C23H28FN5OS. The van der Waals surface area contributed by atoms with Crippen LogP contribution in [0, 0.1) is 12.7 Å². The van der Waals surface area contributed by atoms with Crippen molar-refractivity contribution in [3.63, 3.8) is 0 Å². The zero-order chi connectivity index (χ0) is 21.4. The van der Waals surface area contributed by atoms with E-state index in [4.69, 9.17) is 4.74 Å². The molecular weight excluding hydrogens is 413 g/mol. The van der Waals surface area contributed by atoms with Crippen molar-refractivity contribution in [2.75, 3.05) is 24.1 Å². The van der Waals surface area contributed by atoms with Crippen LogP contribution in [-0.4, -0.2) is 44.9 Å². The van der Waals surface area contributed by atoms with Gasteiger partial charge in [0, 0.05) is 37.2 Å². The van der Waals surface area contributed by atoms with Gasteiger partial charge in [0.2, 0.25) is 5.95 Å². The molecule has 2 aromatic heterocycles. The van der Waals surface area contributed by atoms with Crippen molar-refractivity contribution in [2.45, 2.75) is 51.2 Å². The van der Waals surface area contributed by atoms with Crippen molar-refractivity contribution >= 4 is 23.5 Å². The second-order valence-corrected chi connectivity index (χ2v) is 9.23. The van der Waals surface area contributed by atoms with Crippen LogP contribution in [0.15, 0.2) is 30.5 Å². The number of ether oxygens (including phenoxy) is 1. The van der Waals surface area contributed by atoms with Gasteiger partial charge in [-0.15, -0.1) is 10.2 Å². The first kappa shape index (κ1) is 20.6. The zero-order valence-electron chi connectivity index (χ0n) is 18.0. The summed E-state index contributed by atoms with van der Waals surface area (Å²) >= 11 is 1.51. The number of anilines is 1. The molecule has 164 valence electrons. The Morgan fingerprint density at radius 2 is 2.10 bits per heavy atom. The van der Waals surface area contributed by atoms with E-state index in [0.717, 1.165) is 55.4 Å². The SMILES string of the molecule is CSNc1nnc2cc(OC3CCCN(Cc4ccc(F)cc4C)C3)c(C3CC3)cn12. The number of fused-ring (bicyclic) bond motifs is 1. The molecule has 1 aliphatic carbocycles. The molecule has 1 aliphatic heterocycles. The molecule has 1 saturated heterocycles. The Morgan fingerprint density at radius 3 is 2.87 bits per heavy atom. The van der Waals surface area contributed by atoms with Gasteiger partial charge in [-0.1, -0.05) is 18.0 Å². The van der Waals surface area contributed by atoms with Crippen LogP contribution in [0.3, 0.4) is 0 Å². The van der Waals surface area contributed by atoms with Crippen LogP contribution in [0.4, 0.5) is 10.3 Å². The topological polar surface area (TPSA) is 54.7 Å². The van der Waals surface area contributed by atoms with E-state index in [2.05, 4.69) is 26.0 Å². The van der Waals surface area contributed by atoms with E-state index >= 15 is 0 Å². The fourth-order valence-corrected chi connectivity index (χ4v) is 4.73. The molecule has 1 unspecified atom stereocenters. The summed E-state index contributed by atoms with van der Waals surface area (Å²) in [6.45, 7) is 4.72. The van der Waals surface area contributed by atoms with Gasteiger partial charge < -0.3 is 4.74 Å². The summed E-state index contributed by atoms with van der Waals surface area (Å²) in [6.07, 6.45) is 8.80. The minimum Gasteiger partial charge on any atom is -0.489 e. The third-order valence-electron chi connectivity index (χ3n) is 6.20. The number of hydrogen-bond acceptors (Lipinski definition) is 6. The summed E-state index contributed by atoms with van der Waals surface area (Å²) in [5.41, 5.74) is 4.24. The highest BCUT2D eigenvalue weighted by atomic mass is 32.2. The molecule has 31 heavy (non-hydrogen) atoms. The standard InChI is InChI=1S/C23H28FN5OS/c1-15-10-18(24)8-7-17(15)12-28-9-3-4-19(13-28)30-21-11-22-25-26-23(27-31-2)29(22)14-20(21)16-5-6-16/h7-8,10-11,14,16,19H,3-6,9,12-13H2,1-2H3,(H,26,27). The number of aryl methyl sites for hydroxylation is 1. The number of pyridine rings is 1. The largest absolute Gasteiger partial charge is 0.489 e. The molecule has 1 atom stereocenters. The second kappa shape index (κ2) is 8.67. The average Bonchev–Trinajstić information content (AvgIpc) is 3.52. The molecule has 8 heteroatoms. The first-order valence-electron chi connectivity index (χ1n) is 10.9. The highest BCUT2D eigenvalue weighted by molar-refractivity contribution is 7.99. The van der Waals surface area contributed by atoms with Crippen molar-refractivity contribution in [2.24, 2.45) is 0 Å². The van der Waals surface area contributed by atoms with E-state index in [-0.39, 0.29) is 11.9 Å². The molecule has 3 heterocycles. The normalized spacial score (nSPS) is 19.6. The van der Waals surface area contributed by atoms with Gasteiger partial charge in [0.1, 0.15) is 17.7 Å². The molecule has 0 radical (unpaired) electrons. The van der Waals surface area contributed by atoms with Gasteiger partial charge in [-0.3, -0.25) is 14.0 Å². The monoisotopic (exact) mass is 441 g/mol. The summed E-state index contributed by atoms with van der Waals surface area (Å²) in [4.78, 5) is 2.42. The fraction of sp³-hybridized carbons (Fsp3) is 0.478. The smallest absolute Gasteiger partial charge is 0.239 e. The first-order valence-corrected chi connectivity index (χ1v) is 12.1. The summed E-state index contributed by atoms with van der Waals surface area (Å²) in [5, 5.41) is 8.57. The molecule has 1 N–H and O–H groups in total. The third-order valence-corrected chi connectivity index (χ3v) is 6.59. The Hall–Kier alpha value is -2.32. The quantitative estimate of drug-likeness (QED) is 0.532. The summed E-state index contributed by atoms with van der Waals surface area (Å²) < 4.78 is 25.2. The van der Waals surface area contributed by atoms with Crippen LogP contribution in [0.1, 0.15) is 48.3 Å². The maximum Gasteiger partial charge on any atom is 0.239 e. The minimum absolute atomic E-state index is 0.140. The molecule has 2 aliphatic rings. The lowest BCUT2D eigenvalue weighted by Crippen LogP contribution is -2.40. The van der Waals surface area contributed by atoms with Crippen LogP contribution >= 0.6 is 11.9 Å². The van der Waals surface area contributed by atoms with Crippen LogP contribution in [-0.2, 0) is 6.54 Å². The van der Waals surface area contributed by atoms with Crippen molar-refractivity contribution in [3.05, 3.63) is 53.0 Å². The molecule has 0 spiro atoms. The predicted molar refractivity (Wildman–Crippen MR) is 122 cm³/mol. The fourth-order valence-electron chi connectivity index (χ4n) is 4.41. The van der Waals surface area contributed by atoms with Crippen LogP contribution < -0.4 is 9.46 Å². The number of benzene rings is 1. The highest BCUT2D eigenvalue weighted by Crippen LogP contribution is 2.45. The van der Waals surface area contributed by atoms with Crippen LogP contribution in [0.5, 0.6) is 5.75 Å². The second-order valence-electron chi connectivity index (χ2n) is 8.61. The maximum absolute atomic E-state index is 13.4. The lowest BCUT2D eigenvalue weighted by molar-refractivity contribution is 0.0834. The molecule has 1 aromatic carbocycles. The summed E-state index contributed by atoms with van der Waals surface area (Å²) in [7, 11) is 0. The Morgan fingerprint density at radius 1 is 1.23 bits per heavy atom. The number of aromatic nitrogens is 3. The molecule has 2 fully saturated rings. The number of rotatable bonds is 7. The van der Waals surface area contributed by atoms with Crippen molar-refractivity contribution in [1.29, 1.82) is 0 Å². The average molecular weight is 442 g/mol. The molecule has 1 saturated carbocycles. The first-order chi connectivity index (χ1) is 15.1. The van der Waals surface area contributed by atoms with Crippen LogP contribution in [0.2, 0.25) is 0 Å². The van der Waals surface area contributed by atoms with E-state index in [1.54, 1.807) is 12.1 Å². The lowest BCUT2D eigenvalue weighted by atomic mass is 10.0. The van der Waals surface area contributed by atoms with E-state index in [0.29, 0.717) is 5.92 Å². The molecule has 3 aromatic rings. The number of piperidine rings is 1. The number of halogens is 1. The Balaban J connectivity index is 1.33. The Bertz CT molecular complexity index is 1080. The van der Waals surface area contributed by atoms with Gasteiger partial charge in [0.15, 0.2) is 5.65 Å². The van der Waals surface area contributed by atoms with Gasteiger partial charge in [-0.05, 0) is 68.3 Å². The van der Waals surface area contributed by atoms with E-state index < -0.39 is 0 Å². The molecule has 0 bridgehead atoms. The van der Waals surface area contributed by atoms with Gasteiger partial charge >= 0.3 is 0 Å². The van der Waals surface area contributed by atoms with Gasteiger partial charge in [-0.25, -0.2) is 4.39 Å². The summed E-state index contributed by atoms with van der Waals surface area (Å²) in [5.74, 6) is 2.08. The Labute approximate surface area is 186 Å². The number of likely N-dealkylation sites (tertiary alicyclic amines) is 1. The minimum atomic E-state index is -0.173. The van der Waals surface area contributed by atoms with Crippen molar-refractivity contribution in [3.8, 4) is 5.75 Å². The number of hydrogen-bond donors (Lipinski definition) is 1. The number of nitrogens with one attached hydrogen (secondary N) is 1. The van der Waals surface area contributed by atoms with Gasteiger partial charge in [-0.2, -0.15) is 0 Å². The van der Waals surface area contributed by atoms with E-state index in [9.17, 15) is 4.39 Å². The van der Waals surface area contributed by atoms with Crippen molar-refractivity contribution < 1.29 is 9.13 Å². The number of nitrogens with zero attached hydrogens (tertiary/aromatic N) is 4. The molecule has 6 nitrogen and oxygen atoms in total. The molecule has 0 amide bonds. The maximum atomic E-state index is 13.4.